The topological polar surface area (TPSA) is 3.24 Å². The Morgan fingerprint density at radius 2 is 0.808 bits per heavy atom. The second kappa shape index (κ2) is 9.62. The van der Waals surface area contributed by atoms with E-state index in [0.717, 1.165) is 0 Å². The van der Waals surface area contributed by atoms with E-state index in [4.69, 9.17) is 0 Å². The van der Waals surface area contributed by atoms with Crippen LogP contribution in [-0.4, -0.2) is 7.05 Å². The summed E-state index contributed by atoms with van der Waals surface area (Å²) in [6.07, 6.45) is 0. The van der Waals surface area contributed by atoms with Gasteiger partial charge in [0.25, 0.3) is 0 Å². The maximum Gasteiger partial charge on any atom is 0.0487 e. The fourth-order valence-electron chi connectivity index (χ4n) is 3.13. The molecule has 4 aromatic rings. The number of benzene rings is 4. The van der Waals surface area contributed by atoms with Crippen molar-refractivity contribution in [3.63, 3.8) is 0 Å². The molecule has 1 nitrogen and oxygen atoms in total. The molecule has 0 aliphatic heterocycles. The van der Waals surface area contributed by atoms with Crippen molar-refractivity contribution in [3.05, 3.63) is 84.9 Å². The molecule has 4 rings (SSSR count). The second-order valence-corrected chi connectivity index (χ2v) is 5.56. The highest BCUT2D eigenvalue weighted by Crippen LogP contribution is 2.34. The van der Waals surface area contributed by atoms with Gasteiger partial charge in [0.2, 0.25) is 0 Å². The number of rotatable bonds is 2. The average Bonchev–Trinajstić information content (AvgIpc) is 2.75. The Kier molecular flexibility index (Phi) is 7.23. The van der Waals surface area contributed by atoms with Crippen molar-refractivity contribution in [2.24, 2.45) is 0 Å². The third-order valence-electron chi connectivity index (χ3n) is 4.26. The van der Waals surface area contributed by atoms with Crippen molar-refractivity contribution in [2.45, 2.75) is 27.7 Å². The Labute approximate surface area is 157 Å². The molecule has 0 saturated heterocycles. The SMILES string of the molecule is CC.CC.CN(c1cccc2ccccc12)c1cccc2ccccc12. The molecule has 0 bridgehead atoms. The highest BCUT2D eigenvalue weighted by molar-refractivity contribution is 6.01. The molecular weight excluding hydrogens is 314 g/mol. The zero-order valence-electron chi connectivity index (χ0n) is 16.5. The van der Waals surface area contributed by atoms with E-state index >= 15 is 0 Å². The summed E-state index contributed by atoms with van der Waals surface area (Å²) in [5.41, 5.74) is 2.46. The van der Waals surface area contributed by atoms with Crippen LogP contribution in [0.5, 0.6) is 0 Å². The largest absolute Gasteiger partial charge is 0.344 e. The van der Waals surface area contributed by atoms with Crippen molar-refractivity contribution in [3.8, 4) is 0 Å². The van der Waals surface area contributed by atoms with Crippen molar-refractivity contribution in [2.75, 3.05) is 11.9 Å². The Morgan fingerprint density at radius 1 is 0.462 bits per heavy atom. The number of hydrogen-bond acceptors (Lipinski definition) is 1. The van der Waals surface area contributed by atoms with Crippen LogP contribution in [0.3, 0.4) is 0 Å². The van der Waals surface area contributed by atoms with Gasteiger partial charge < -0.3 is 4.90 Å². The van der Waals surface area contributed by atoms with Crippen molar-refractivity contribution in [1.29, 1.82) is 0 Å². The molecule has 134 valence electrons. The van der Waals surface area contributed by atoms with Gasteiger partial charge in [0.15, 0.2) is 0 Å². The van der Waals surface area contributed by atoms with Crippen molar-refractivity contribution < 1.29 is 0 Å². The summed E-state index contributed by atoms with van der Waals surface area (Å²) in [6, 6.07) is 30.0. The Bertz CT molecular complexity index is 866. The standard InChI is InChI=1S/C21H17N.2C2H6/c1-22(20-14-6-10-16-8-2-4-12-18(16)20)21-15-7-11-17-9-3-5-13-19(17)21;2*1-2/h2-15H,1H3;2*1-2H3. The molecule has 0 aliphatic carbocycles. The third kappa shape index (κ3) is 3.88. The monoisotopic (exact) mass is 343 g/mol. The van der Waals surface area contributed by atoms with E-state index in [1.165, 1.54) is 32.9 Å². The summed E-state index contributed by atoms with van der Waals surface area (Å²) in [5, 5.41) is 5.10. The number of nitrogens with zero attached hydrogens (tertiary/aromatic N) is 1. The van der Waals surface area contributed by atoms with E-state index in [1.807, 2.05) is 27.7 Å². The number of fused-ring (bicyclic) bond motifs is 2. The fraction of sp³-hybridized carbons (Fsp3) is 0.200. The van der Waals surface area contributed by atoms with Crippen LogP contribution in [0.4, 0.5) is 11.4 Å². The summed E-state index contributed by atoms with van der Waals surface area (Å²) < 4.78 is 0. The minimum atomic E-state index is 1.23. The van der Waals surface area contributed by atoms with E-state index in [1.54, 1.807) is 0 Å². The van der Waals surface area contributed by atoms with Crippen LogP contribution < -0.4 is 4.90 Å². The molecule has 0 saturated carbocycles. The molecule has 0 unspecified atom stereocenters. The van der Waals surface area contributed by atoms with Crippen molar-refractivity contribution in [1.82, 2.24) is 0 Å². The molecular formula is C25H29N. The molecule has 26 heavy (non-hydrogen) atoms. The summed E-state index contributed by atoms with van der Waals surface area (Å²) in [7, 11) is 2.14. The molecule has 0 N–H and O–H groups in total. The lowest BCUT2D eigenvalue weighted by Crippen LogP contribution is -2.10. The van der Waals surface area contributed by atoms with E-state index < -0.39 is 0 Å². The van der Waals surface area contributed by atoms with Crippen LogP contribution in [0.2, 0.25) is 0 Å². The first kappa shape index (κ1) is 19.5. The lowest BCUT2D eigenvalue weighted by Gasteiger charge is -2.23. The first-order valence-electron chi connectivity index (χ1n) is 9.54. The predicted molar refractivity (Wildman–Crippen MR) is 119 cm³/mol. The molecule has 0 radical (unpaired) electrons. The summed E-state index contributed by atoms with van der Waals surface area (Å²) in [6.45, 7) is 8.00. The van der Waals surface area contributed by atoms with Gasteiger partial charge in [-0.1, -0.05) is 100 Å². The minimum Gasteiger partial charge on any atom is -0.344 e. The minimum absolute atomic E-state index is 1.23. The van der Waals surface area contributed by atoms with Gasteiger partial charge in [-0.25, -0.2) is 0 Å². The lowest BCUT2D eigenvalue weighted by molar-refractivity contribution is 1.23. The third-order valence-corrected chi connectivity index (χ3v) is 4.26. The van der Waals surface area contributed by atoms with E-state index in [9.17, 15) is 0 Å². The van der Waals surface area contributed by atoms with Gasteiger partial charge in [-0.3, -0.25) is 0 Å². The second-order valence-electron chi connectivity index (χ2n) is 5.56. The zero-order chi connectivity index (χ0) is 18.9. The number of anilines is 2. The molecule has 0 aromatic heterocycles. The zero-order valence-corrected chi connectivity index (χ0v) is 16.5. The molecule has 0 atom stereocenters. The Balaban J connectivity index is 0.000000570. The van der Waals surface area contributed by atoms with E-state index in [2.05, 4.69) is 96.9 Å². The maximum absolute atomic E-state index is 2.28. The van der Waals surface area contributed by atoms with Crippen LogP contribution in [-0.2, 0) is 0 Å². The van der Waals surface area contributed by atoms with E-state index in [-0.39, 0.29) is 0 Å². The summed E-state index contributed by atoms with van der Waals surface area (Å²) in [4.78, 5) is 2.28. The van der Waals surface area contributed by atoms with Crippen LogP contribution in [0, 0.1) is 0 Å². The average molecular weight is 344 g/mol. The molecule has 0 spiro atoms. The van der Waals surface area contributed by atoms with Crippen LogP contribution >= 0.6 is 0 Å². The lowest BCUT2D eigenvalue weighted by atomic mass is 10.1. The molecule has 0 aliphatic rings. The van der Waals surface area contributed by atoms with Gasteiger partial charge in [-0.05, 0) is 22.9 Å². The molecule has 0 amide bonds. The molecule has 0 fully saturated rings. The van der Waals surface area contributed by atoms with Gasteiger partial charge in [-0.2, -0.15) is 0 Å². The normalized spacial score (nSPS) is 9.73. The van der Waals surface area contributed by atoms with Crippen LogP contribution in [0.15, 0.2) is 84.9 Å². The first-order valence-corrected chi connectivity index (χ1v) is 9.54. The molecule has 1 heteroatoms. The highest BCUT2D eigenvalue weighted by Gasteiger charge is 2.10. The van der Waals surface area contributed by atoms with Gasteiger partial charge in [0.1, 0.15) is 0 Å². The first-order chi connectivity index (χ1) is 12.8. The predicted octanol–water partition coefficient (Wildman–Crippen LogP) is 7.81. The maximum atomic E-state index is 2.28. The van der Waals surface area contributed by atoms with Crippen LogP contribution in [0.25, 0.3) is 21.5 Å². The van der Waals surface area contributed by atoms with Gasteiger partial charge in [0.05, 0.1) is 0 Å². The van der Waals surface area contributed by atoms with Crippen molar-refractivity contribution >= 4 is 32.9 Å². The Hall–Kier alpha value is -2.80. The highest BCUT2D eigenvalue weighted by atomic mass is 15.1. The van der Waals surface area contributed by atoms with Gasteiger partial charge in [0, 0.05) is 29.2 Å². The van der Waals surface area contributed by atoms with Gasteiger partial charge in [-0.15, -0.1) is 0 Å². The number of hydrogen-bond donors (Lipinski definition) is 0. The molecule has 0 heterocycles. The quantitative estimate of drug-likeness (QED) is 0.358. The van der Waals surface area contributed by atoms with E-state index in [0.29, 0.717) is 0 Å². The fourth-order valence-corrected chi connectivity index (χ4v) is 3.13. The summed E-state index contributed by atoms with van der Waals surface area (Å²) in [5.74, 6) is 0. The summed E-state index contributed by atoms with van der Waals surface area (Å²) >= 11 is 0. The van der Waals surface area contributed by atoms with Gasteiger partial charge >= 0.3 is 0 Å². The van der Waals surface area contributed by atoms with Crippen LogP contribution in [0.1, 0.15) is 27.7 Å². The smallest absolute Gasteiger partial charge is 0.0487 e. The molecule has 4 aromatic carbocycles. The Morgan fingerprint density at radius 3 is 1.23 bits per heavy atom.